The Morgan fingerprint density at radius 1 is 1.31 bits per heavy atom. The molecule has 1 unspecified atom stereocenters. The summed E-state index contributed by atoms with van der Waals surface area (Å²) in [4.78, 5) is 19.3. The fourth-order valence-electron chi connectivity index (χ4n) is 3.14. The predicted molar refractivity (Wildman–Crippen MR) is 99.6 cm³/mol. The van der Waals surface area contributed by atoms with E-state index < -0.39 is 0 Å². The minimum Gasteiger partial charge on any atom is -0.493 e. The number of carbonyl (C=O) groups is 1. The van der Waals surface area contributed by atoms with Crippen LogP contribution in [0, 0.1) is 0 Å². The maximum Gasteiger partial charge on any atom is 0.254 e. The van der Waals surface area contributed by atoms with Gasteiger partial charge in [-0.25, -0.2) is 0 Å². The molecule has 1 saturated heterocycles. The van der Waals surface area contributed by atoms with Crippen molar-refractivity contribution in [3.63, 3.8) is 0 Å². The first-order valence-corrected chi connectivity index (χ1v) is 8.86. The van der Waals surface area contributed by atoms with E-state index in [0.29, 0.717) is 30.2 Å². The number of carbonyl (C=O) groups excluding carboxylic acids is 1. The van der Waals surface area contributed by atoms with Gasteiger partial charge in [-0.2, -0.15) is 0 Å². The molecule has 1 aliphatic heterocycles. The Hall–Kier alpha value is -2.60. The number of hydrogen-bond donors (Lipinski definition) is 1. The van der Waals surface area contributed by atoms with Crippen LogP contribution in [0.15, 0.2) is 42.7 Å². The van der Waals surface area contributed by atoms with Gasteiger partial charge in [-0.1, -0.05) is 6.07 Å². The van der Waals surface area contributed by atoms with Gasteiger partial charge in [0.05, 0.1) is 19.3 Å². The molecule has 1 aromatic heterocycles. The molecule has 0 radical (unpaired) electrons. The van der Waals surface area contributed by atoms with E-state index in [0.717, 1.165) is 12.1 Å². The van der Waals surface area contributed by atoms with E-state index in [-0.39, 0.29) is 18.1 Å². The van der Waals surface area contributed by atoms with Gasteiger partial charge < -0.3 is 19.7 Å². The highest BCUT2D eigenvalue weighted by Crippen LogP contribution is 2.31. The SMILES string of the molecule is COc1cc(C(=O)N2CCNCC2c2cccnc2)ccc1OC(C)C. The van der Waals surface area contributed by atoms with Crippen LogP contribution in [0.1, 0.15) is 35.8 Å². The number of rotatable bonds is 5. The molecule has 138 valence electrons. The van der Waals surface area contributed by atoms with E-state index in [1.165, 1.54) is 0 Å². The van der Waals surface area contributed by atoms with Crippen LogP contribution < -0.4 is 14.8 Å². The summed E-state index contributed by atoms with van der Waals surface area (Å²) < 4.78 is 11.2. The van der Waals surface area contributed by atoms with Crippen molar-refractivity contribution in [3.05, 3.63) is 53.9 Å². The normalized spacial score (nSPS) is 17.2. The lowest BCUT2D eigenvalue weighted by molar-refractivity contribution is 0.0633. The van der Waals surface area contributed by atoms with Crippen molar-refractivity contribution in [2.75, 3.05) is 26.7 Å². The first kappa shape index (κ1) is 18.2. The number of methoxy groups -OCH3 is 1. The molecule has 0 aliphatic carbocycles. The van der Waals surface area contributed by atoms with Crippen LogP contribution in [0.25, 0.3) is 0 Å². The van der Waals surface area contributed by atoms with Gasteiger partial charge in [0.2, 0.25) is 0 Å². The average molecular weight is 355 g/mol. The van der Waals surface area contributed by atoms with Crippen LogP contribution in [-0.4, -0.2) is 48.6 Å². The lowest BCUT2D eigenvalue weighted by Gasteiger charge is -2.36. The number of amides is 1. The molecular weight excluding hydrogens is 330 g/mol. The second kappa shape index (κ2) is 8.19. The van der Waals surface area contributed by atoms with Crippen molar-refractivity contribution < 1.29 is 14.3 Å². The molecule has 3 rings (SSSR count). The topological polar surface area (TPSA) is 63.7 Å². The Kier molecular flexibility index (Phi) is 5.73. The number of nitrogens with zero attached hydrogens (tertiary/aromatic N) is 2. The Bertz CT molecular complexity index is 749. The molecule has 0 bridgehead atoms. The van der Waals surface area contributed by atoms with E-state index >= 15 is 0 Å². The Labute approximate surface area is 154 Å². The number of ether oxygens (including phenoxy) is 2. The number of pyridine rings is 1. The second-order valence-electron chi connectivity index (χ2n) is 6.54. The zero-order valence-electron chi connectivity index (χ0n) is 15.4. The smallest absolute Gasteiger partial charge is 0.254 e. The molecule has 2 aromatic rings. The first-order valence-electron chi connectivity index (χ1n) is 8.86. The summed E-state index contributed by atoms with van der Waals surface area (Å²) in [7, 11) is 1.58. The van der Waals surface area contributed by atoms with Crippen LogP contribution in [-0.2, 0) is 0 Å². The van der Waals surface area contributed by atoms with E-state index in [1.807, 2.05) is 37.1 Å². The zero-order chi connectivity index (χ0) is 18.5. The summed E-state index contributed by atoms with van der Waals surface area (Å²) in [5.74, 6) is 1.19. The predicted octanol–water partition coefficient (Wildman–Crippen LogP) is 2.66. The van der Waals surface area contributed by atoms with Gasteiger partial charge in [-0.05, 0) is 43.7 Å². The molecule has 1 N–H and O–H groups in total. The summed E-state index contributed by atoms with van der Waals surface area (Å²) in [6, 6.07) is 9.21. The van der Waals surface area contributed by atoms with E-state index in [4.69, 9.17) is 9.47 Å². The lowest BCUT2D eigenvalue weighted by atomic mass is 10.0. The van der Waals surface area contributed by atoms with Crippen molar-refractivity contribution in [3.8, 4) is 11.5 Å². The monoisotopic (exact) mass is 355 g/mol. The number of piperazine rings is 1. The van der Waals surface area contributed by atoms with Crippen molar-refractivity contribution in [1.82, 2.24) is 15.2 Å². The van der Waals surface area contributed by atoms with Crippen molar-refractivity contribution in [1.29, 1.82) is 0 Å². The van der Waals surface area contributed by atoms with Gasteiger partial charge in [0.25, 0.3) is 5.91 Å². The Morgan fingerprint density at radius 2 is 2.15 bits per heavy atom. The molecule has 1 aromatic carbocycles. The summed E-state index contributed by atoms with van der Waals surface area (Å²) in [6.07, 6.45) is 3.59. The molecule has 6 nitrogen and oxygen atoms in total. The lowest BCUT2D eigenvalue weighted by Crippen LogP contribution is -2.48. The van der Waals surface area contributed by atoms with E-state index in [1.54, 1.807) is 31.5 Å². The molecule has 6 heteroatoms. The maximum atomic E-state index is 13.2. The Morgan fingerprint density at radius 3 is 2.85 bits per heavy atom. The van der Waals surface area contributed by atoms with E-state index in [2.05, 4.69) is 10.3 Å². The molecule has 1 fully saturated rings. The summed E-state index contributed by atoms with van der Waals surface area (Å²) in [6.45, 7) is 6.04. The molecule has 1 aliphatic rings. The van der Waals surface area contributed by atoms with Gasteiger partial charge in [-0.15, -0.1) is 0 Å². The quantitative estimate of drug-likeness (QED) is 0.893. The molecule has 2 heterocycles. The number of nitrogens with one attached hydrogen (secondary N) is 1. The highest BCUT2D eigenvalue weighted by atomic mass is 16.5. The fraction of sp³-hybridized carbons (Fsp3) is 0.400. The molecule has 0 saturated carbocycles. The van der Waals surface area contributed by atoms with Crippen molar-refractivity contribution >= 4 is 5.91 Å². The van der Waals surface area contributed by atoms with Gasteiger partial charge in [-0.3, -0.25) is 9.78 Å². The second-order valence-corrected chi connectivity index (χ2v) is 6.54. The average Bonchev–Trinajstić information content (AvgIpc) is 2.68. The van der Waals surface area contributed by atoms with Gasteiger partial charge in [0.15, 0.2) is 11.5 Å². The van der Waals surface area contributed by atoms with Gasteiger partial charge >= 0.3 is 0 Å². The number of hydrogen-bond acceptors (Lipinski definition) is 5. The van der Waals surface area contributed by atoms with Gasteiger partial charge in [0, 0.05) is 37.6 Å². The molecule has 0 spiro atoms. The molecule has 26 heavy (non-hydrogen) atoms. The third-order valence-electron chi connectivity index (χ3n) is 4.35. The third-order valence-corrected chi connectivity index (χ3v) is 4.35. The van der Waals surface area contributed by atoms with Crippen molar-refractivity contribution in [2.24, 2.45) is 0 Å². The van der Waals surface area contributed by atoms with Crippen LogP contribution >= 0.6 is 0 Å². The number of aromatic nitrogens is 1. The summed E-state index contributed by atoms with van der Waals surface area (Å²) >= 11 is 0. The molecular formula is C20H25N3O3. The van der Waals surface area contributed by atoms with Gasteiger partial charge in [0.1, 0.15) is 0 Å². The van der Waals surface area contributed by atoms with E-state index in [9.17, 15) is 4.79 Å². The minimum absolute atomic E-state index is 0.0187. The molecule has 1 atom stereocenters. The largest absolute Gasteiger partial charge is 0.493 e. The minimum atomic E-state index is -0.0393. The first-order chi connectivity index (χ1) is 12.6. The fourth-order valence-corrected chi connectivity index (χ4v) is 3.14. The standard InChI is InChI=1S/C20H25N3O3/c1-14(2)26-18-7-6-15(11-19(18)25-3)20(24)23-10-9-22-13-17(23)16-5-4-8-21-12-16/h4-8,11-12,14,17,22H,9-10,13H2,1-3H3. The van der Waals surface area contributed by atoms with Crippen LogP contribution in [0.3, 0.4) is 0 Å². The van der Waals surface area contributed by atoms with Crippen LogP contribution in [0.2, 0.25) is 0 Å². The molecule has 1 amide bonds. The zero-order valence-corrected chi connectivity index (χ0v) is 15.4. The van der Waals surface area contributed by atoms with Crippen LogP contribution in [0.4, 0.5) is 0 Å². The Balaban J connectivity index is 1.87. The van der Waals surface area contributed by atoms with Crippen LogP contribution in [0.5, 0.6) is 11.5 Å². The maximum absolute atomic E-state index is 13.2. The highest BCUT2D eigenvalue weighted by molar-refractivity contribution is 5.95. The summed E-state index contributed by atoms with van der Waals surface area (Å²) in [5, 5.41) is 3.36. The number of benzene rings is 1. The highest BCUT2D eigenvalue weighted by Gasteiger charge is 2.29. The summed E-state index contributed by atoms with van der Waals surface area (Å²) in [5.41, 5.74) is 1.62. The third kappa shape index (κ3) is 3.96. The van der Waals surface area contributed by atoms with Crippen molar-refractivity contribution in [2.45, 2.75) is 26.0 Å².